The maximum absolute atomic E-state index is 9.78. The lowest BCUT2D eigenvalue weighted by atomic mass is 10.0. The maximum Gasteiger partial charge on any atom is 0.0931 e. The first kappa shape index (κ1) is 17.6. The standard InChI is InChI=1S/C20H19Cl2N3O/c21-15-4-6-17(7-5-15)25-20-8-9-24(12-18(20)19(13-26)23-25)11-14-2-1-3-16(22)10-14/h1-7,10,26H,8-9,11-13H2. The highest BCUT2D eigenvalue weighted by molar-refractivity contribution is 6.30. The van der Waals surface area contributed by atoms with Crippen LogP contribution in [-0.4, -0.2) is 26.3 Å². The van der Waals surface area contributed by atoms with Crippen LogP contribution in [0.4, 0.5) is 0 Å². The lowest BCUT2D eigenvalue weighted by Gasteiger charge is -2.27. The van der Waals surface area contributed by atoms with Crippen molar-refractivity contribution in [3.63, 3.8) is 0 Å². The van der Waals surface area contributed by atoms with E-state index in [1.54, 1.807) is 0 Å². The van der Waals surface area contributed by atoms with Crippen LogP contribution >= 0.6 is 23.2 Å². The molecule has 0 spiro atoms. The molecule has 6 heteroatoms. The van der Waals surface area contributed by atoms with Gasteiger partial charge in [-0.05, 0) is 42.0 Å². The van der Waals surface area contributed by atoms with Crippen molar-refractivity contribution in [3.05, 3.63) is 81.1 Å². The molecule has 0 aliphatic carbocycles. The summed E-state index contributed by atoms with van der Waals surface area (Å²) in [5.41, 5.74) is 5.19. The quantitative estimate of drug-likeness (QED) is 0.727. The van der Waals surface area contributed by atoms with Gasteiger partial charge in [-0.1, -0.05) is 35.3 Å². The van der Waals surface area contributed by atoms with Crippen molar-refractivity contribution in [1.82, 2.24) is 14.7 Å². The van der Waals surface area contributed by atoms with Crippen molar-refractivity contribution in [2.75, 3.05) is 6.54 Å². The average molecular weight is 388 g/mol. The lowest BCUT2D eigenvalue weighted by Crippen LogP contribution is -2.31. The van der Waals surface area contributed by atoms with Crippen LogP contribution in [0.3, 0.4) is 0 Å². The number of hydrogen-bond acceptors (Lipinski definition) is 3. The van der Waals surface area contributed by atoms with Crippen LogP contribution in [0.1, 0.15) is 22.5 Å². The molecule has 0 saturated carbocycles. The molecule has 0 saturated heterocycles. The third-order valence-corrected chi connectivity index (χ3v) is 5.22. The fourth-order valence-corrected chi connectivity index (χ4v) is 3.83. The fraction of sp³-hybridized carbons (Fsp3) is 0.250. The second-order valence-electron chi connectivity index (χ2n) is 6.51. The van der Waals surface area contributed by atoms with E-state index in [9.17, 15) is 5.11 Å². The normalized spacial score (nSPS) is 14.4. The van der Waals surface area contributed by atoms with E-state index in [4.69, 9.17) is 23.2 Å². The van der Waals surface area contributed by atoms with Gasteiger partial charge in [0.05, 0.1) is 23.7 Å². The highest BCUT2D eigenvalue weighted by Gasteiger charge is 2.25. The number of aliphatic hydroxyl groups is 1. The molecular formula is C20H19Cl2N3O. The van der Waals surface area contributed by atoms with E-state index < -0.39 is 0 Å². The molecule has 1 aromatic heterocycles. The van der Waals surface area contributed by atoms with Gasteiger partial charge in [-0.25, -0.2) is 4.68 Å². The molecule has 1 aliphatic heterocycles. The van der Waals surface area contributed by atoms with Crippen LogP contribution in [0.15, 0.2) is 48.5 Å². The Labute approximate surface area is 162 Å². The van der Waals surface area contributed by atoms with Crippen LogP contribution in [0.5, 0.6) is 0 Å². The van der Waals surface area contributed by atoms with Gasteiger partial charge in [0.1, 0.15) is 0 Å². The summed E-state index contributed by atoms with van der Waals surface area (Å²) in [6, 6.07) is 15.6. The van der Waals surface area contributed by atoms with Crippen molar-refractivity contribution in [2.45, 2.75) is 26.1 Å². The molecular weight excluding hydrogens is 369 g/mol. The summed E-state index contributed by atoms with van der Waals surface area (Å²) in [6.07, 6.45) is 0.880. The Morgan fingerprint density at radius 3 is 2.58 bits per heavy atom. The molecule has 4 nitrogen and oxygen atoms in total. The molecule has 0 atom stereocenters. The summed E-state index contributed by atoms with van der Waals surface area (Å²) in [5.74, 6) is 0. The summed E-state index contributed by atoms with van der Waals surface area (Å²) >= 11 is 12.1. The van der Waals surface area contributed by atoms with E-state index in [0.717, 1.165) is 48.0 Å². The van der Waals surface area contributed by atoms with Crippen LogP contribution in [-0.2, 0) is 26.1 Å². The summed E-state index contributed by atoms with van der Waals surface area (Å²) in [6.45, 7) is 2.47. The molecule has 0 radical (unpaired) electrons. The Kier molecular flexibility index (Phi) is 5.00. The largest absolute Gasteiger partial charge is 0.390 e. The van der Waals surface area contributed by atoms with E-state index in [2.05, 4.69) is 16.1 Å². The van der Waals surface area contributed by atoms with Gasteiger partial charge < -0.3 is 5.11 Å². The van der Waals surface area contributed by atoms with Gasteiger partial charge >= 0.3 is 0 Å². The van der Waals surface area contributed by atoms with Crippen molar-refractivity contribution >= 4 is 23.2 Å². The number of rotatable bonds is 4. The van der Waals surface area contributed by atoms with Crippen molar-refractivity contribution < 1.29 is 5.11 Å². The van der Waals surface area contributed by atoms with Gasteiger partial charge in [-0.3, -0.25) is 4.90 Å². The zero-order valence-corrected chi connectivity index (χ0v) is 15.7. The van der Waals surface area contributed by atoms with E-state index in [1.807, 2.05) is 47.1 Å². The van der Waals surface area contributed by atoms with E-state index in [1.165, 1.54) is 11.3 Å². The average Bonchev–Trinajstić information content (AvgIpc) is 3.00. The zero-order valence-electron chi connectivity index (χ0n) is 14.2. The first-order valence-electron chi connectivity index (χ1n) is 8.57. The summed E-state index contributed by atoms with van der Waals surface area (Å²) in [4.78, 5) is 2.36. The molecule has 1 N–H and O–H groups in total. The molecule has 2 heterocycles. The molecule has 1 aliphatic rings. The third-order valence-electron chi connectivity index (χ3n) is 4.74. The molecule has 0 amide bonds. The zero-order chi connectivity index (χ0) is 18.1. The highest BCUT2D eigenvalue weighted by atomic mass is 35.5. The second kappa shape index (κ2) is 7.41. The monoisotopic (exact) mass is 387 g/mol. The molecule has 4 rings (SSSR count). The SMILES string of the molecule is OCc1nn(-c2ccc(Cl)cc2)c2c1CN(Cc1cccc(Cl)c1)CC2. The topological polar surface area (TPSA) is 41.3 Å². The first-order valence-corrected chi connectivity index (χ1v) is 9.33. The number of aromatic nitrogens is 2. The summed E-state index contributed by atoms with van der Waals surface area (Å²) in [5, 5.41) is 15.9. The maximum atomic E-state index is 9.78. The summed E-state index contributed by atoms with van der Waals surface area (Å²) < 4.78 is 1.94. The number of benzene rings is 2. The number of halogens is 2. The Morgan fingerprint density at radius 2 is 1.85 bits per heavy atom. The Balaban J connectivity index is 1.61. The van der Waals surface area contributed by atoms with Crippen LogP contribution in [0.25, 0.3) is 5.69 Å². The van der Waals surface area contributed by atoms with Crippen LogP contribution in [0.2, 0.25) is 10.0 Å². The van der Waals surface area contributed by atoms with Crippen LogP contribution in [0, 0.1) is 0 Å². The lowest BCUT2D eigenvalue weighted by molar-refractivity contribution is 0.236. The van der Waals surface area contributed by atoms with E-state index in [0.29, 0.717) is 5.02 Å². The van der Waals surface area contributed by atoms with Crippen molar-refractivity contribution in [1.29, 1.82) is 0 Å². The molecule has 2 aromatic carbocycles. The summed E-state index contributed by atoms with van der Waals surface area (Å²) in [7, 11) is 0. The highest BCUT2D eigenvalue weighted by Crippen LogP contribution is 2.27. The number of fused-ring (bicyclic) bond motifs is 1. The Morgan fingerprint density at radius 1 is 1.04 bits per heavy atom. The smallest absolute Gasteiger partial charge is 0.0931 e. The second-order valence-corrected chi connectivity index (χ2v) is 7.38. The Bertz CT molecular complexity index is 921. The third kappa shape index (κ3) is 3.51. The number of aliphatic hydroxyl groups excluding tert-OH is 1. The minimum atomic E-state index is -0.0616. The van der Waals surface area contributed by atoms with E-state index >= 15 is 0 Å². The molecule has 0 bridgehead atoms. The minimum absolute atomic E-state index is 0.0616. The van der Waals surface area contributed by atoms with Crippen molar-refractivity contribution in [2.24, 2.45) is 0 Å². The van der Waals surface area contributed by atoms with Gasteiger partial charge in [0.25, 0.3) is 0 Å². The molecule has 3 aromatic rings. The van der Waals surface area contributed by atoms with E-state index in [-0.39, 0.29) is 6.61 Å². The predicted octanol–water partition coefficient (Wildman–Crippen LogP) is 4.23. The number of hydrogen-bond donors (Lipinski definition) is 1. The van der Waals surface area contributed by atoms with Gasteiger partial charge in [0, 0.05) is 41.7 Å². The number of nitrogens with zero attached hydrogens (tertiary/aromatic N) is 3. The predicted molar refractivity (Wildman–Crippen MR) is 104 cm³/mol. The van der Waals surface area contributed by atoms with Gasteiger partial charge in [-0.15, -0.1) is 0 Å². The Hall–Kier alpha value is -1.85. The first-order chi connectivity index (χ1) is 12.6. The van der Waals surface area contributed by atoms with Gasteiger partial charge in [0.15, 0.2) is 0 Å². The molecule has 0 unspecified atom stereocenters. The van der Waals surface area contributed by atoms with Gasteiger partial charge in [-0.2, -0.15) is 5.10 Å². The minimum Gasteiger partial charge on any atom is -0.390 e. The molecule has 134 valence electrons. The molecule has 0 fully saturated rings. The molecule has 26 heavy (non-hydrogen) atoms. The van der Waals surface area contributed by atoms with Gasteiger partial charge in [0.2, 0.25) is 0 Å². The fourth-order valence-electron chi connectivity index (χ4n) is 3.49. The van der Waals surface area contributed by atoms with Crippen molar-refractivity contribution in [3.8, 4) is 5.69 Å². The van der Waals surface area contributed by atoms with Crippen LogP contribution < -0.4 is 0 Å².